The van der Waals surface area contributed by atoms with Crippen molar-refractivity contribution in [2.75, 3.05) is 25.1 Å². The van der Waals surface area contributed by atoms with E-state index >= 15 is 0 Å². The highest BCUT2D eigenvalue weighted by atomic mass is 35.5. The molecule has 2 aromatic rings. The molecule has 4 heteroatoms. The number of ether oxygens (including phenoxy) is 2. The second kappa shape index (κ2) is 7.73. The Balaban J connectivity index is 1.66. The number of hydrogen-bond donors (Lipinski definition) is 1. The number of benzene rings is 2. The van der Waals surface area contributed by atoms with Crippen molar-refractivity contribution in [3.8, 4) is 5.75 Å². The van der Waals surface area contributed by atoms with Gasteiger partial charge in [0.05, 0.1) is 18.3 Å². The Morgan fingerprint density at radius 2 is 2.04 bits per heavy atom. The van der Waals surface area contributed by atoms with Gasteiger partial charge in [0.2, 0.25) is 0 Å². The van der Waals surface area contributed by atoms with Crippen LogP contribution >= 0.6 is 11.6 Å². The molecule has 136 valence electrons. The van der Waals surface area contributed by atoms with E-state index in [1.54, 1.807) is 0 Å². The smallest absolute Gasteiger partial charge is 0.142 e. The van der Waals surface area contributed by atoms with E-state index in [0.717, 1.165) is 22.9 Å². The third-order valence-corrected chi connectivity index (χ3v) is 5.49. The Morgan fingerprint density at radius 3 is 2.88 bits per heavy atom. The summed E-state index contributed by atoms with van der Waals surface area (Å²) in [6, 6.07) is 14.7. The number of allylic oxidation sites excluding steroid dienone is 2. The third kappa shape index (κ3) is 3.34. The SMILES string of the molecule is CCOCCOc1cccc2c1NC(c1cccc(Cl)c1)C1CC=CC21. The summed E-state index contributed by atoms with van der Waals surface area (Å²) in [5, 5.41) is 4.53. The monoisotopic (exact) mass is 369 g/mol. The Bertz CT molecular complexity index is 804. The maximum Gasteiger partial charge on any atom is 0.142 e. The van der Waals surface area contributed by atoms with Gasteiger partial charge >= 0.3 is 0 Å². The summed E-state index contributed by atoms with van der Waals surface area (Å²) in [6.45, 7) is 3.86. The number of fused-ring (bicyclic) bond motifs is 3. The number of rotatable bonds is 6. The van der Waals surface area contributed by atoms with Crippen LogP contribution in [-0.4, -0.2) is 19.8 Å². The van der Waals surface area contributed by atoms with Crippen LogP contribution in [0.15, 0.2) is 54.6 Å². The summed E-state index contributed by atoms with van der Waals surface area (Å²) in [6.07, 6.45) is 5.71. The van der Waals surface area contributed by atoms with Gasteiger partial charge in [-0.3, -0.25) is 0 Å². The molecule has 1 N–H and O–H groups in total. The van der Waals surface area contributed by atoms with Crippen LogP contribution in [0.25, 0.3) is 0 Å². The van der Waals surface area contributed by atoms with Crippen LogP contribution in [0.1, 0.15) is 36.4 Å². The fourth-order valence-corrected chi connectivity index (χ4v) is 4.30. The lowest BCUT2D eigenvalue weighted by Crippen LogP contribution is -2.29. The maximum absolute atomic E-state index is 6.25. The van der Waals surface area contributed by atoms with Crippen LogP contribution in [0, 0.1) is 5.92 Å². The zero-order valence-corrected chi connectivity index (χ0v) is 15.7. The Hall–Kier alpha value is -1.97. The maximum atomic E-state index is 6.25. The first-order valence-electron chi connectivity index (χ1n) is 9.30. The minimum atomic E-state index is 0.220. The van der Waals surface area contributed by atoms with E-state index in [2.05, 4.69) is 41.7 Å². The standard InChI is InChI=1S/C22H24ClNO2/c1-2-25-12-13-26-20-11-5-10-19-17-8-4-9-18(17)21(24-22(19)20)15-6-3-7-16(23)14-15/h3-8,10-11,14,17-18,21,24H,2,9,12-13H2,1H3. The Labute approximate surface area is 160 Å². The Morgan fingerprint density at radius 1 is 1.15 bits per heavy atom. The van der Waals surface area contributed by atoms with Crippen molar-refractivity contribution in [2.45, 2.75) is 25.3 Å². The molecule has 1 aliphatic heterocycles. The average Bonchev–Trinajstić information content (AvgIpc) is 3.15. The summed E-state index contributed by atoms with van der Waals surface area (Å²) >= 11 is 6.25. The van der Waals surface area contributed by atoms with Gasteiger partial charge in [0, 0.05) is 17.5 Å². The molecule has 26 heavy (non-hydrogen) atoms. The van der Waals surface area contributed by atoms with Crippen LogP contribution < -0.4 is 10.1 Å². The molecule has 3 unspecified atom stereocenters. The van der Waals surface area contributed by atoms with Crippen LogP contribution in [0.3, 0.4) is 0 Å². The third-order valence-electron chi connectivity index (χ3n) is 5.26. The van der Waals surface area contributed by atoms with Crippen molar-refractivity contribution in [3.63, 3.8) is 0 Å². The molecule has 0 fully saturated rings. The van der Waals surface area contributed by atoms with E-state index < -0.39 is 0 Å². The zero-order valence-electron chi connectivity index (χ0n) is 15.0. The molecule has 0 saturated heterocycles. The molecule has 0 amide bonds. The van der Waals surface area contributed by atoms with E-state index in [-0.39, 0.29) is 6.04 Å². The molecule has 0 saturated carbocycles. The van der Waals surface area contributed by atoms with Crippen LogP contribution in [0.5, 0.6) is 5.75 Å². The van der Waals surface area contributed by atoms with E-state index in [4.69, 9.17) is 21.1 Å². The molecule has 3 nitrogen and oxygen atoms in total. The van der Waals surface area contributed by atoms with Gasteiger partial charge in [-0.2, -0.15) is 0 Å². The zero-order chi connectivity index (χ0) is 17.9. The lowest BCUT2D eigenvalue weighted by molar-refractivity contribution is 0.110. The number of anilines is 1. The summed E-state index contributed by atoms with van der Waals surface area (Å²) < 4.78 is 11.4. The predicted octanol–water partition coefficient (Wildman–Crippen LogP) is 5.58. The summed E-state index contributed by atoms with van der Waals surface area (Å²) in [5.41, 5.74) is 3.64. The van der Waals surface area contributed by atoms with Crippen molar-refractivity contribution < 1.29 is 9.47 Å². The van der Waals surface area contributed by atoms with Gasteiger partial charge in [0.1, 0.15) is 12.4 Å². The molecule has 0 bridgehead atoms. The molecule has 2 aliphatic rings. The van der Waals surface area contributed by atoms with Crippen molar-refractivity contribution >= 4 is 17.3 Å². The van der Waals surface area contributed by atoms with Gasteiger partial charge in [-0.15, -0.1) is 0 Å². The van der Waals surface area contributed by atoms with E-state index in [9.17, 15) is 0 Å². The summed E-state index contributed by atoms with van der Waals surface area (Å²) in [5.74, 6) is 1.80. The molecule has 4 rings (SSSR count). The number of para-hydroxylation sites is 1. The molecular weight excluding hydrogens is 346 g/mol. The largest absolute Gasteiger partial charge is 0.489 e. The highest BCUT2D eigenvalue weighted by Crippen LogP contribution is 2.52. The van der Waals surface area contributed by atoms with E-state index in [0.29, 0.717) is 31.7 Å². The van der Waals surface area contributed by atoms with Crippen molar-refractivity contribution in [1.82, 2.24) is 0 Å². The summed E-state index contributed by atoms with van der Waals surface area (Å²) in [7, 11) is 0. The van der Waals surface area contributed by atoms with Crippen LogP contribution in [-0.2, 0) is 4.74 Å². The van der Waals surface area contributed by atoms with Gasteiger partial charge in [-0.05, 0) is 48.6 Å². The second-order valence-corrected chi connectivity index (χ2v) is 7.23. The number of halogens is 1. The molecule has 3 atom stereocenters. The average molecular weight is 370 g/mol. The molecule has 0 radical (unpaired) electrons. The van der Waals surface area contributed by atoms with Gasteiger partial charge in [-0.25, -0.2) is 0 Å². The second-order valence-electron chi connectivity index (χ2n) is 6.80. The highest BCUT2D eigenvalue weighted by Gasteiger charge is 2.38. The first-order chi connectivity index (χ1) is 12.8. The van der Waals surface area contributed by atoms with Crippen molar-refractivity contribution in [2.24, 2.45) is 5.92 Å². The minimum absolute atomic E-state index is 0.220. The normalized spacial score (nSPS) is 23.2. The fraction of sp³-hybridized carbons (Fsp3) is 0.364. The first-order valence-corrected chi connectivity index (χ1v) is 9.68. The lowest BCUT2D eigenvalue weighted by Gasteiger charge is -2.38. The van der Waals surface area contributed by atoms with Crippen LogP contribution in [0.4, 0.5) is 5.69 Å². The number of hydrogen-bond acceptors (Lipinski definition) is 3. The lowest BCUT2D eigenvalue weighted by atomic mass is 9.77. The fourth-order valence-electron chi connectivity index (χ4n) is 4.10. The Kier molecular flexibility index (Phi) is 5.18. The van der Waals surface area contributed by atoms with Gasteiger partial charge in [-0.1, -0.05) is 48.0 Å². The topological polar surface area (TPSA) is 30.5 Å². The van der Waals surface area contributed by atoms with Crippen molar-refractivity contribution in [3.05, 3.63) is 70.8 Å². The van der Waals surface area contributed by atoms with Crippen molar-refractivity contribution in [1.29, 1.82) is 0 Å². The molecule has 0 spiro atoms. The van der Waals surface area contributed by atoms with Gasteiger partial charge < -0.3 is 14.8 Å². The van der Waals surface area contributed by atoms with Crippen LogP contribution in [0.2, 0.25) is 5.02 Å². The summed E-state index contributed by atoms with van der Waals surface area (Å²) in [4.78, 5) is 0. The number of nitrogens with one attached hydrogen (secondary N) is 1. The van der Waals surface area contributed by atoms with Gasteiger partial charge in [0.25, 0.3) is 0 Å². The van der Waals surface area contributed by atoms with E-state index in [1.165, 1.54) is 11.1 Å². The molecule has 2 aromatic carbocycles. The quantitative estimate of drug-likeness (QED) is 0.532. The molecule has 1 heterocycles. The molecule has 0 aromatic heterocycles. The first kappa shape index (κ1) is 17.4. The molecule has 1 aliphatic carbocycles. The minimum Gasteiger partial charge on any atom is -0.489 e. The highest BCUT2D eigenvalue weighted by molar-refractivity contribution is 6.30. The van der Waals surface area contributed by atoms with E-state index in [1.807, 2.05) is 25.1 Å². The molecular formula is C22H24ClNO2. The van der Waals surface area contributed by atoms with Gasteiger partial charge in [0.15, 0.2) is 0 Å². The predicted molar refractivity (Wildman–Crippen MR) is 106 cm³/mol.